The molecule has 0 saturated carbocycles. The van der Waals surface area contributed by atoms with Crippen molar-refractivity contribution in [3.63, 3.8) is 0 Å². The van der Waals surface area contributed by atoms with Crippen LogP contribution < -0.4 is 5.32 Å². The van der Waals surface area contributed by atoms with Crippen LogP contribution in [-0.2, 0) is 9.53 Å². The van der Waals surface area contributed by atoms with Gasteiger partial charge in [0.2, 0.25) is 11.9 Å². The van der Waals surface area contributed by atoms with Crippen LogP contribution in [-0.4, -0.2) is 53.6 Å². The molecule has 2 aliphatic heterocycles. The molecule has 0 aliphatic carbocycles. The van der Waals surface area contributed by atoms with Crippen LogP contribution in [0.1, 0.15) is 37.1 Å². The number of ether oxygens (including phenoxy) is 1. The summed E-state index contributed by atoms with van der Waals surface area (Å²) in [7, 11) is 0. The van der Waals surface area contributed by atoms with Gasteiger partial charge in [0.15, 0.2) is 0 Å². The molecule has 1 saturated heterocycles. The number of anilines is 1. The molecular weight excluding hydrogens is 316 g/mol. The predicted molar refractivity (Wildman–Crippen MR) is 97.4 cm³/mol. The van der Waals surface area contributed by atoms with Gasteiger partial charge < -0.3 is 15.0 Å². The van der Waals surface area contributed by atoms with E-state index < -0.39 is 0 Å². The Bertz CT molecular complexity index is 616. The van der Waals surface area contributed by atoms with Crippen LogP contribution in [0.5, 0.6) is 0 Å². The summed E-state index contributed by atoms with van der Waals surface area (Å²) in [5.41, 5.74) is 2.10. The van der Waals surface area contributed by atoms with Crippen LogP contribution in [0.15, 0.2) is 18.2 Å². The van der Waals surface area contributed by atoms with E-state index in [0.29, 0.717) is 18.9 Å². The van der Waals surface area contributed by atoms with Crippen LogP contribution in [0.2, 0.25) is 0 Å². The molecule has 1 fully saturated rings. The molecule has 1 amide bonds. The Labute approximate surface area is 149 Å². The fourth-order valence-corrected chi connectivity index (χ4v) is 3.63. The quantitative estimate of drug-likeness (QED) is 0.850. The number of rotatable bonds is 4. The monoisotopic (exact) mass is 344 g/mol. The Morgan fingerprint density at radius 2 is 1.96 bits per heavy atom. The van der Waals surface area contributed by atoms with Gasteiger partial charge in [-0.05, 0) is 39.2 Å². The third-order valence-corrected chi connectivity index (χ3v) is 5.12. The summed E-state index contributed by atoms with van der Waals surface area (Å²) in [5, 5.41) is 3.16. The fraction of sp³-hybridized carbons (Fsp3) is 0.632. The number of allylic oxidation sites excluding steroid dienone is 1. The van der Waals surface area contributed by atoms with Gasteiger partial charge in [-0.2, -0.15) is 0 Å². The number of carbonyl (C=O) groups is 1. The zero-order valence-corrected chi connectivity index (χ0v) is 15.3. The van der Waals surface area contributed by atoms with Gasteiger partial charge in [0.1, 0.15) is 0 Å². The second-order valence-electron chi connectivity index (χ2n) is 7.22. The smallest absolute Gasteiger partial charge is 0.224 e. The molecule has 1 spiro atoms. The molecule has 0 radical (unpaired) electrons. The van der Waals surface area contributed by atoms with E-state index in [0.717, 1.165) is 57.0 Å². The number of nitrogens with zero attached hydrogens (tertiary/aromatic N) is 3. The Morgan fingerprint density at radius 1 is 1.24 bits per heavy atom. The Kier molecular flexibility index (Phi) is 5.68. The first-order valence-electron chi connectivity index (χ1n) is 9.13. The first kappa shape index (κ1) is 17.9. The molecule has 1 aromatic rings. The minimum absolute atomic E-state index is 0.205. The van der Waals surface area contributed by atoms with E-state index in [1.54, 1.807) is 0 Å². The zero-order chi connectivity index (χ0) is 17.7. The van der Waals surface area contributed by atoms with Crippen LogP contribution in [0, 0.1) is 19.3 Å². The van der Waals surface area contributed by atoms with Crippen molar-refractivity contribution in [1.82, 2.24) is 14.9 Å². The lowest BCUT2D eigenvalue weighted by atomic mass is 9.76. The molecule has 6 heteroatoms. The Hall–Kier alpha value is -1.95. The Morgan fingerprint density at radius 3 is 2.68 bits per heavy atom. The molecule has 0 unspecified atom stereocenters. The maximum Gasteiger partial charge on any atom is 0.224 e. The largest absolute Gasteiger partial charge is 0.377 e. The van der Waals surface area contributed by atoms with Gasteiger partial charge in [0.25, 0.3) is 0 Å². The van der Waals surface area contributed by atoms with E-state index >= 15 is 0 Å². The number of nitrogens with one attached hydrogen (secondary N) is 1. The summed E-state index contributed by atoms with van der Waals surface area (Å²) in [6.07, 6.45) is 7.93. The number of aryl methyl sites for hydroxylation is 2. The summed E-state index contributed by atoms with van der Waals surface area (Å²) >= 11 is 0. The van der Waals surface area contributed by atoms with E-state index in [4.69, 9.17) is 4.74 Å². The average molecular weight is 344 g/mol. The van der Waals surface area contributed by atoms with Gasteiger partial charge in [0, 0.05) is 42.9 Å². The van der Waals surface area contributed by atoms with Crippen molar-refractivity contribution in [2.45, 2.75) is 39.5 Å². The van der Waals surface area contributed by atoms with Crippen LogP contribution in [0.25, 0.3) is 0 Å². The number of hydrogen-bond acceptors (Lipinski definition) is 5. The SMILES string of the molecule is Cc1cc(C)nc(NCCC(=O)N2CCC3(CC=CCOC3)CC2)n1. The number of likely N-dealkylation sites (tertiary alicyclic amines) is 1. The molecule has 136 valence electrons. The summed E-state index contributed by atoms with van der Waals surface area (Å²) in [4.78, 5) is 23.1. The molecule has 0 atom stereocenters. The van der Waals surface area contributed by atoms with Crippen molar-refractivity contribution in [2.24, 2.45) is 5.41 Å². The molecule has 1 N–H and O–H groups in total. The van der Waals surface area contributed by atoms with E-state index in [-0.39, 0.29) is 11.3 Å². The third kappa shape index (κ3) is 4.78. The lowest BCUT2D eigenvalue weighted by Gasteiger charge is -2.40. The summed E-state index contributed by atoms with van der Waals surface area (Å²) < 4.78 is 5.70. The highest BCUT2D eigenvalue weighted by molar-refractivity contribution is 5.76. The highest BCUT2D eigenvalue weighted by atomic mass is 16.5. The molecule has 0 bridgehead atoms. The van der Waals surface area contributed by atoms with Gasteiger partial charge in [-0.3, -0.25) is 4.79 Å². The third-order valence-electron chi connectivity index (χ3n) is 5.12. The van der Waals surface area contributed by atoms with E-state index in [1.165, 1.54) is 0 Å². The van der Waals surface area contributed by atoms with E-state index in [1.807, 2.05) is 24.8 Å². The van der Waals surface area contributed by atoms with Crippen LogP contribution in [0.4, 0.5) is 5.95 Å². The molecule has 1 aromatic heterocycles. The molecule has 3 rings (SSSR count). The first-order valence-corrected chi connectivity index (χ1v) is 9.13. The maximum absolute atomic E-state index is 12.5. The lowest BCUT2D eigenvalue weighted by molar-refractivity contribution is -0.133. The molecule has 6 nitrogen and oxygen atoms in total. The van der Waals surface area contributed by atoms with Gasteiger partial charge >= 0.3 is 0 Å². The van der Waals surface area contributed by atoms with Crippen molar-refractivity contribution < 1.29 is 9.53 Å². The van der Waals surface area contributed by atoms with E-state index in [2.05, 4.69) is 27.4 Å². The highest BCUT2D eigenvalue weighted by Gasteiger charge is 2.35. The number of amides is 1. The van der Waals surface area contributed by atoms with Crippen molar-refractivity contribution in [1.29, 1.82) is 0 Å². The van der Waals surface area contributed by atoms with Crippen molar-refractivity contribution >= 4 is 11.9 Å². The Balaban J connectivity index is 1.44. The molecule has 0 aromatic carbocycles. The second kappa shape index (κ2) is 7.95. The summed E-state index contributed by atoms with van der Waals surface area (Å²) in [6, 6.07) is 1.94. The van der Waals surface area contributed by atoms with Crippen molar-refractivity contribution in [3.05, 3.63) is 29.6 Å². The number of hydrogen-bond donors (Lipinski definition) is 1. The predicted octanol–water partition coefficient (Wildman–Crippen LogP) is 2.48. The fourth-order valence-electron chi connectivity index (χ4n) is 3.63. The van der Waals surface area contributed by atoms with Crippen LogP contribution >= 0.6 is 0 Å². The molecular formula is C19H28N4O2. The van der Waals surface area contributed by atoms with E-state index in [9.17, 15) is 4.79 Å². The minimum Gasteiger partial charge on any atom is -0.377 e. The van der Waals surface area contributed by atoms with Crippen molar-refractivity contribution in [3.8, 4) is 0 Å². The average Bonchev–Trinajstić information content (AvgIpc) is 2.80. The molecule has 3 heterocycles. The number of carbonyl (C=O) groups excluding carboxylic acids is 1. The zero-order valence-electron chi connectivity index (χ0n) is 15.3. The van der Waals surface area contributed by atoms with Crippen molar-refractivity contribution in [2.75, 3.05) is 38.2 Å². The van der Waals surface area contributed by atoms with Gasteiger partial charge in [-0.15, -0.1) is 0 Å². The topological polar surface area (TPSA) is 67.4 Å². The number of piperidine rings is 1. The summed E-state index contributed by atoms with van der Waals surface area (Å²) in [5.74, 6) is 0.807. The van der Waals surface area contributed by atoms with Gasteiger partial charge in [-0.25, -0.2) is 9.97 Å². The summed E-state index contributed by atoms with van der Waals surface area (Å²) in [6.45, 7) is 7.65. The van der Waals surface area contributed by atoms with Gasteiger partial charge in [-0.1, -0.05) is 12.2 Å². The first-order chi connectivity index (χ1) is 12.1. The molecule has 25 heavy (non-hydrogen) atoms. The van der Waals surface area contributed by atoms with Crippen LogP contribution in [0.3, 0.4) is 0 Å². The highest BCUT2D eigenvalue weighted by Crippen LogP contribution is 2.37. The molecule has 2 aliphatic rings. The second-order valence-corrected chi connectivity index (χ2v) is 7.22. The number of aromatic nitrogens is 2. The standard InChI is InChI=1S/C19H28N4O2/c1-15-13-16(2)22-18(21-15)20-9-5-17(24)23-10-7-19(8-11-23)6-3-4-12-25-14-19/h3-4,13H,5-12,14H2,1-2H3,(H,20,21,22). The normalized spacial score (nSPS) is 19.7. The maximum atomic E-state index is 12.5. The minimum atomic E-state index is 0.205. The lowest BCUT2D eigenvalue weighted by Crippen LogP contribution is -2.45. The van der Waals surface area contributed by atoms with Gasteiger partial charge in [0.05, 0.1) is 13.2 Å².